The van der Waals surface area contributed by atoms with Crippen LogP contribution >= 0.6 is 27.5 Å². The Hall–Kier alpha value is -0.540. The molecule has 0 heterocycles. The molecule has 1 aromatic carbocycles. The van der Waals surface area contributed by atoms with E-state index < -0.39 is 0 Å². The summed E-state index contributed by atoms with van der Waals surface area (Å²) < 4.78 is 0.962. The molecular formula is C15H19BrClNO. The summed E-state index contributed by atoms with van der Waals surface area (Å²) in [7, 11) is 0. The number of halogens is 2. The summed E-state index contributed by atoms with van der Waals surface area (Å²) in [5.41, 5.74) is 1.48. The van der Waals surface area contributed by atoms with E-state index in [1.807, 2.05) is 25.1 Å². The highest BCUT2D eigenvalue weighted by Gasteiger charge is 2.33. The van der Waals surface area contributed by atoms with Gasteiger partial charge in [0, 0.05) is 15.9 Å². The molecule has 2 nitrogen and oxygen atoms in total. The minimum Gasteiger partial charge on any atom is -0.345 e. The van der Waals surface area contributed by atoms with Gasteiger partial charge in [0.15, 0.2) is 0 Å². The molecule has 0 unspecified atom stereocenters. The molecule has 4 heteroatoms. The molecule has 0 atom stereocenters. The molecule has 0 spiro atoms. The van der Waals surface area contributed by atoms with E-state index >= 15 is 0 Å². The van der Waals surface area contributed by atoms with E-state index in [0.717, 1.165) is 41.3 Å². The summed E-state index contributed by atoms with van der Waals surface area (Å²) in [5.74, 6) is 0.479. The van der Waals surface area contributed by atoms with E-state index in [0.29, 0.717) is 5.88 Å². The van der Waals surface area contributed by atoms with Crippen molar-refractivity contribution in [3.8, 4) is 0 Å². The topological polar surface area (TPSA) is 29.1 Å². The van der Waals surface area contributed by atoms with E-state index in [4.69, 9.17) is 11.6 Å². The van der Waals surface area contributed by atoms with Gasteiger partial charge in [-0.1, -0.05) is 41.3 Å². The van der Waals surface area contributed by atoms with Gasteiger partial charge in [-0.3, -0.25) is 4.79 Å². The molecule has 1 aliphatic carbocycles. The maximum Gasteiger partial charge on any atom is 0.252 e. The van der Waals surface area contributed by atoms with Gasteiger partial charge in [-0.2, -0.15) is 0 Å². The lowest BCUT2D eigenvalue weighted by atomic mass is 9.83. The van der Waals surface area contributed by atoms with Crippen molar-refractivity contribution in [3.63, 3.8) is 0 Å². The molecule has 104 valence electrons. The zero-order chi connectivity index (χ0) is 13.9. The first-order valence-electron chi connectivity index (χ1n) is 6.72. The van der Waals surface area contributed by atoms with Gasteiger partial charge < -0.3 is 5.32 Å². The quantitative estimate of drug-likeness (QED) is 0.808. The second-order valence-corrected chi connectivity index (χ2v) is 6.46. The molecule has 19 heavy (non-hydrogen) atoms. The number of hydrogen-bond acceptors (Lipinski definition) is 1. The lowest BCUT2D eigenvalue weighted by Crippen LogP contribution is -2.51. The highest BCUT2D eigenvalue weighted by atomic mass is 79.9. The van der Waals surface area contributed by atoms with E-state index in [-0.39, 0.29) is 11.4 Å². The fraction of sp³-hybridized carbons (Fsp3) is 0.533. The molecule has 0 radical (unpaired) electrons. The predicted octanol–water partition coefficient (Wildman–Crippen LogP) is 4.43. The Balaban J connectivity index is 2.17. The summed E-state index contributed by atoms with van der Waals surface area (Å²) in [6, 6.07) is 5.70. The Kier molecular flexibility index (Phi) is 4.91. The summed E-state index contributed by atoms with van der Waals surface area (Å²) in [4.78, 5) is 12.5. The van der Waals surface area contributed by atoms with Crippen molar-refractivity contribution in [3.05, 3.63) is 33.8 Å². The summed E-state index contributed by atoms with van der Waals surface area (Å²) in [6.07, 6.45) is 5.49. The summed E-state index contributed by atoms with van der Waals surface area (Å²) >= 11 is 9.58. The number of rotatable bonds is 3. The highest BCUT2D eigenvalue weighted by Crippen LogP contribution is 2.30. The first-order chi connectivity index (χ1) is 9.08. The molecule has 0 saturated heterocycles. The highest BCUT2D eigenvalue weighted by molar-refractivity contribution is 9.10. The van der Waals surface area contributed by atoms with Crippen LogP contribution in [-0.4, -0.2) is 17.3 Å². The van der Waals surface area contributed by atoms with Crippen LogP contribution in [0.1, 0.15) is 48.0 Å². The number of benzene rings is 1. The van der Waals surface area contributed by atoms with Crippen LogP contribution in [0.3, 0.4) is 0 Å². The largest absolute Gasteiger partial charge is 0.345 e. The number of carbonyl (C=O) groups is 1. The summed E-state index contributed by atoms with van der Waals surface area (Å²) in [6.45, 7) is 1.95. The molecule has 1 aromatic rings. The second kappa shape index (κ2) is 6.27. The zero-order valence-corrected chi connectivity index (χ0v) is 13.5. The van der Waals surface area contributed by atoms with Gasteiger partial charge in [-0.25, -0.2) is 0 Å². The van der Waals surface area contributed by atoms with Crippen molar-refractivity contribution in [2.45, 2.75) is 44.6 Å². The summed E-state index contributed by atoms with van der Waals surface area (Å²) in [5, 5.41) is 3.17. The van der Waals surface area contributed by atoms with Gasteiger partial charge in [0.05, 0.1) is 5.54 Å². The van der Waals surface area contributed by atoms with Crippen LogP contribution in [0.5, 0.6) is 0 Å². The third-order valence-electron chi connectivity index (χ3n) is 3.96. The molecule has 1 saturated carbocycles. The maximum absolute atomic E-state index is 12.5. The molecule has 1 N–H and O–H groups in total. The molecule has 1 aliphatic rings. The van der Waals surface area contributed by atoms with Crippen LogP contribution in [0, 0.1) is 6.92 Å². The van der Waals surface area contributed by atoms with Crippen molar-refractivity contribution in [2.24, 2.45) is 0 Å². The molecular weight excluding hydrogens is 326 g/mol. The number of nitrogens with one attached hydrogen (secondary N) is 1. The van der Waals surface area contributed by atoms with Crippen molar-refractivity contribution in [1.29, 1.82) is 0 Å². The van der Waals surface area contributed by atoms with Crippen LogP contribution < -0.4 is 5.32 Å². The van der Waals surface area contributed by atoms with Gasteiger partial charge in [0.1, 0.15) is 0 Å². The molecule has 1 amide bonds. The maximum atomic E-state index is 12.5. The lowest BCUT2D eigenvalue weighted by Gasteiger charge is -2.36. The minimum atomic E-state index is -0.217. The van der Waals surface area contributed by atoms with E-state index in [1.54, 1.807) is 0 Å². The Labute approximate surface area is 128 Å². The van der Waals surface area contributed by atoms with Gasteiger partial charge in [-0.05, 0) is 37.5 Å². The van der Waals surface area contributed by atoms with Gasteiger partial charge in [0.2, 0.25) is 0 Å². The van der Waals surface area contributed by atoms with Crippen LogP contribution in [0.4, 0.5) is 0 Å². The Morgan fingerprint density at radius 3 is 2.68 bits per heavy atom. The fourth-order valence-corrected chi connectivity index (χ4v) is 3.38. The van der Waals surface area contributed by atoms with Crippen molar-refractivity contribution < 1.29 is 4.79 Å². The number of carbonyl (C=O) groups excluding carboxylic acids is 1. The number of amides is 1. The lowest BCUT2D eigenvalue weighted by molar-refractivity contribution is 0.0884. The van der Waals surface area contributed by atoms with Gasteiger partial charge >= 0.3 is 0 Å². The Morgan fingerprint density at radius 1 is 1.37 bits per heavy atom. The average molecular weight is 345 g/mol. The molecule has 0 aliphatic heterocycles. The smallest absolute Gasteiger partial charge is 0.252 e. The van der Waals surface area contributed by atoms with Crippen molar-refractivity contribution in [1.82, 2.24) is 5.32 Å². The van der Waals surface area contributed by atoms with Gasteiger partial charge in [-0.15, -0.1) is 11.6 Å². The first kappa shape index (κ1) is 14.9. The number of alkyl halides is 1. The third-order valence-corrected chi connectivity index (χ3v) is 5.33. The van der Waals surface area contributed by atoms with Crippen LogP contribution in [0.2, 0.25) is 0 Å². The first-order valence-corrected chi connectivity index (χ1v) is 8.04. The monoisotopic (exact) mass is 343 g/mol. The van der Waals surface area contributed by atoms with Crippen LogP contribution in [-0.2, 0) is 0 Å². The second-order valence-electron chi connectivity index (χ2n) is 5.34. The fourth-order valence-electron chi connectivity index (χ4n) is 2.68. The van der Waals surface area contributed by atoms with Crippen molar-refractivity contribution >= 4 is 33.4 Å². The molecule has 1 fully saturated rings. The zero-order valence-electron chi connectivity index (χ0n) is 11.1. The van der Waals surface area contributed by atoms with E-state index in [2.05, 4.69) is 21.2 Å². The molecule has 0 bridgehead atoms. The average Bonchev–Trinajstić information content (AvgIpc) is 2.42. The van der Waals surface area contributed by atoms with Crippen LogP contribution in [0.15, 0.2) is 22.7 Å². The Bertz CT molecular complexity index is 469. The molecule has 2 rings (SSSR count). The predicted molar refractivity (Wildman–Crippen MR) is 82.9 cm³/mol. The standard InChI is InChI=1S/C15H19BrClNO/c1-11-12(6-5-7-13(11)16)14(19)18-15(10-17)8-3-2-4-9-15/h5-7H,2-4,8-10H2,1H3,(H,18,19). The van der Waals surface area contributed by atoms with Crippen LogP contribution in [0.25, 0.3) is 0 Å². The van der Waals surface area contributed by atoms with E-state index in [9.17, 15) is 4.79 Å². The van der Waals surface area contributed by atoms with E-state index in [1.165, 1.54) is 6.42 Å². The normalized spacial score (nSPS) is 18.1. The molecule has 0 aromatic heterocycles. The third kappa shape index (κ3) is 3.32. The Morgan fingerprint density at radius 2 is 2.05 bits per heavy atom. The SMILES string of the molecule is Cc1c(Br)cccc1C(=O)NC1(CCl)CCCCC1. The van der Waals surface area contributed by atoms with Gasteiger partial charge in [0.25, 0.3) is 5.91 Å². The minimum absolute atomic E-state index is 0.0126. The van der Waals surface area contributed by atoms with Crippen molar-refractivity contribution in [2.75, 3.05) is 5.88 Å². The number of hydrogen-bond donors (Lipinski definition) is 1.